The summed E-state index contributed by atoms with van der Waals surface area (Å²) < 4.78 is 0. The molecule has 0 amide bonds. The highest BCUT2D eigenvalue weighted by atomic mass is 16.4. The molecule has 0 saturated heterocycles. The van der Waals surface area contributed by atoms with Crippen molar-refractivity contribution in [2.24, 2.45) is 0 Å². The molecule has 1 aromatic carbocycles. The van der Waals surface area contributed by atoms with Gasteiger partial charge in [0.25, 0.3) is 0 Å². The minimum atomic E-state index is -1.64. The van der Waals surface area contributed by atoms with Crippen molar-refractivity contribution >= 4 is 0 Å². The van der Waals surface area contributed by atoms with E-state index in [1.54, 1.807) is 6.07 Å². The van der Waals surface area contributed by atoms with Crippen molar-refractivity contribution in [2.75, 3.05) is 0 Å². The van der Waals surface area contributed by atoms with Crippen LogP contribution >= 0.6 is 0 Å². The van der Waals surface area contributed by atoms with E-state index in [1.165, 1.54) is 0 Å². The Balaban J connectivity index is 0.000000231. The van der Waals surface area contributed by atoms with E-state index in [0.717, 1.165) is 11.1 Å². The number of aliphatic hydroxyl groups excluding tert-OH is 6. The Labute approximate surface area is 135 Å². The fraction of sp³-hybridized carbons (Fsp3) is 0.625. The quantitative estimate of drug-likeness (QED) is 0.350. The largest absolute Gasteiger partial charge is 0.508 e. The summed E-state index contributed by atoms with van der Waals surface area (Å²) >= 11 is 0. The number of aryl methyl sites for hydroxylation is 1. The van der Waals surface area contributed by atoms with Gasteiger partial charge in [0.05, 0.1) is 0 Å². The highest BCUT2D eigenvalue weighted by Crippen LogP contribution is 2.25. The van der Waals surface area contributed by atoms with Crippen LogP contribution in [-0.2, 0) is 0 Å². The Bertz CT molecular complexity index is 447. The van der Waals surface area contributed by atoms with Crippen LogP contribution in [0.4, 0.5) is 0 Å². The first-order valence-electron chi connectivity index (χ1n) is 7.45. The molecule has 7 nitrogen and oxygen atoms in total. The Morgan fingerprint density at radius 3 is 1.35 bits per heavy atom. The maximum Gasteiger partial charge on any atom is 0.119 e. The van der Waals surface area contributed by atoms with Crippen LogP contribution in [-0.4, -0.2) is 72.4 Å². The molecule has 1 aromatic rings. The molecule has 23 heavy (non-hydrogen) atoms. The van der Waals surface area contributed by atoms with Crippen LogP contribution in [0.2, 0.25) is 0 Å². The van der Waals surface area contributed by atoms with Crippen LogP contribution in [0.1, 0.15) is 30.9 Å². The molecule has 0 heterocycles. The van der Waals surface area contributed by atoms with Gasteiger partial charge >= 0.3 is 0 Å². The number of aliphatic hydroxyl groups is 6. The van der Waals surface area contributed by atoms with Gasteiger partial charge in [-0.05, 0) is 30.0 Å². The maximum atomic E-state index is 9.46. The van der Waals surface area contributed by atoms with E-state index in [9.17, 15) is 5.11 Å². The molecular formula is C16H26O7. The molecule has 0 unspecified atom stereocenters. The summed E-state index contributed by atoms with van der Waals surface area (Å²) in [6.07, 6.45) is -9.84. The van der Waals surface area contributed by atoms with Gasteiger partial charge in [-0.15, -0.1) is 0 Å². The van der Waals surface area contributed by atoms with Crippen LogP contribution in [0.5, 0.6) is 5.75 Å². The van der Waals surface area contributed by atoms with Gasteiger partial charge in [0, 0.05) is 0 Å². The SMILES string of the molecule is Cc1ccc(C(C)C)c(O)c1.O[C@H]1[C@H](O)[C@@H](O)[C@H](O)[C@@H](O)[C@H]1O. The van der Waals surface area contributed by atoms with Crippen molar-refractivity contribution in [1.29, 1.82) is 0 Å². The minimum absolute atomic E-state index is 0.399. The molecule has 132 valence electrons. The summed E-state index contributed by atoms with van der Waals surface area (Å²) in [6.45, 7) is 6.12. The van der Waals surface area contributed by atoms with Gasteiger partial charge in [-0.2, -0.15) is 0 Å². The van der Waals surface area contributed by atoms with Crippen LogP contribution in [0.3, 0.4) is 0 Å². The van der Waals surface area contributed by atoms with Crippen LogP contribution in [0, 0.1) is 6.92 Å². The molecule has 1 fully saturated rings. The average molecular weight is 330 g/mol. The molecule has 1 aliphatic rings. The molecule has 0 bridgehead atoms. The second kappa shape index (κ2) is 8.05. The molecule has 0 aromatic heterocycles. The van der Waals surface area contributed by atoms with E-state index >= 15 is 0 Å². The smallest absolute Gasteiger partial charge is 0.119 e. The molecule has 7 N–H and O–H groups in total. The lowest BCUT2D eigenvalue weighted by Crippen LogP contribution is -2.63. The Morgan fingerprint density at radius 2 is 1.09 bits per heavy atom. The van der Waals surface area contributed by atoms with E-state index in [-0.39, 0.29) is 0 Å². The van der Waals surface area contributed by atoms with E-state index < -0.39 is 36.6 Å². The van der Waals surface area contributed by atoms with Crippen molar-refractivity contribution in [3.05, 3.63) is 29.3 Å². The fourth-order valence-electron chi connectivity index (χ4n) is 2.35. The summed E-state index contributed by atoms with van der Waals surface area (Å²) in [7, 11) is 0. The monoisotopic (exact) mass is 330 g/mol. The van der Waals surface area contributed by atoms with Crippen molar-refractivity contribution in [3.8, 4) is 5.75 Å². The number of hydrogen-bond acceptors (Lipinski definition) is 7. The lowest BCUT2D eigenvalue weighted by Gasteiger charge is -2.39. The van der Waals surface area contributed by atoms with Crippen molar-refractivity contribution in [3.63, 3.8) is 0 Å². The van der Waals surface area contributed by atoms with Crippen molar-refractivity contribution in [2.45, 2.75) is 63.3 Å². The molecule has 0 radical (unpaired) electrons. The number of phenolic OH excluding ortho intramolecular Hbond substituents is 1. The Hall–Kier alpha value is -1.22. The molecule has 1 aliphatic carbocycles. The molecule has 1 saturated carbocycles. The van der Waals surface area contributed by atoms with Gasteiger partial charge in [0.15, 0.2) is 0 Å². The van der Waals surface area contributed by atoms with Gasteiger partial charge in [-0.3, -0.25) is 0 Å². The fourth-order valence-corrected chi connectivity index (χ4v) is 2.35. The summed E-state index contributed by atoms with van der Waals surface area (Å²) in [4.78, 5) is 0. The van der Waals surface area contributed by atoms with Crippen LogP contribution in [0.25, 0.3) is 0 Å². The first-order chi connectivity index (χ1) is 10.6. The van der Waals surface area contributed by atoms with Gasteiger partial charge in [-0.25, -0.2) is 0 Å². The van der Waals surface area contributed by atoms with Gasteiger partial charge in [0.2, 0.25) is 0 Å². The van der Waals surface area contributed by atoms with Gasteiger partial charge < -0.3 is 35.7 Å². The van der Waals surface area contributed by atoms with Crippen LogP contribution < -0.4 is 0 Å². The number of benzene rings is 1. The lowest BCUT2D eigenvalue weighted by molar-refractivity contribution is -0.223. The molecule has 0 aliphatic heterocycles. The zero-order valence-electron chi connectivity index (χ0n) is 13.4. The highest BCUT2D eigenvalue weighted by Gasteiger charge is 2.47. The zero-order chi connectivity index (χ0) is 17.9. The Morgan fingerprint density at radius 1 is 0.739 bits per heavy atom. The van der Waals surface area contributed by atoms with E-state index in [2.05, 4.69) is 13.8 Å². The predicted octanol–water partition coefficient (Wildman–Crippen LogP) is -1.01. The summed E-state index contributed by atoms with van der Waals surface area (Å²) in [5.41, 5.74) is 2.13. The second-order valence-corrected chi connectivity index (χ2v) is 6.16. The third-order valence-corrected chi connectivity index (χ3v) is 3.91. The highest BCUT2D eigenvalue weighted by molar-refractivity contribution is 5.37. The van der Waals surface area contributed by atoms with Crippen molar-refractivity contribution < 1.29 is 35.7 Å². The number of phenols is 1. The topological polar surface area (TPSA) is 142 Å². The predicted molar refractivity (Wildman–Crippen MR) is 83.0 cm³/mol. The minimum Gasteiger partial charge on any atom is -0.508 e. The third kappa shape index (κ3) is 4.63. The average Bonchev–Trinajstić information content (AvgIpc) is 2.49. The number of rotatable bonds is 1. The van der Waals surface area contributed by atoms with E-state index in [4.69, 9.17) is 30.6 Å². The number of aromatic hydroxyl groups is 1. The lowest BCUT2D eigenvalue weighted by atomic mass is 9.85. The Kier molecular flexibility index (Phi) is 6.94. The molecule has 0 spiro atoms. The standard InChI is InChI=1S/C10H14O.C6H12O6/c1-7(2)9-5-4-8(3)6-10(9)11;7-1-2(8)4(10)6(12)5(11)3(1)9/h4-7,11H,1-3H3;1-12H/t;1-,2-,3-,4+,5-,6-. The molecule has 7 heteroatoms. The third-order valence-electron chi connectivity index (χ3n) is 3.91. The first kappa shape index (κ1) is 19.8. The van der Waals surface area contributed by atoms with E-state index in [0.29, 0.717) is 11.7 Å². The van der Waals surface area contributed by atoms with Crippen LogP contribution in [0.15, 0.2) is 18.2 Å². The van der Waals surface area contributed by atoms with Crippen molar-refractivity contribution in [1.82, 2.24) is 0 Å². The summed E-state index contributed by atoms with van der Waals surface area (Å²) in [6, 6.07) is 5.81. The molecule has 0 atom stereocenters. The van der Waals surface area contributed by atoms with Gasteiger partial charge in [0.1, 0.15) is 42.4 Å². The van der Waals surface area contributed by atoms with Gasteiger partial charge in [-0.1, -0.05) is 26.0 Å². The zero-order valence-corrected chi connectivity index (χ0v) is 13.4. The summed E-state index contributed by atoms with van der Waals surface area (Å²) in [5, 5.41) is 63.3. The molecular weight excluding hydrogens is 304 g/mol. The second-order valence-electron chi connectivity index (χ2n) is 6.16. The maximum absolute atomic E-state index is 9.46. The summed E-state index contributed by atoms with van der Waals surface area (Å²) in [5.74, 6) is 0.815. The normalized spacial score (nSPS) is 34.0. The number of hydrogen-bond donors (Lipinski definition) is 7. The van der Waals surface area contributed by atoms with E-state index in [1.807, 2.05) is 19.1 Å². The first-order valence-corrected chi connectivity index (χ1v) is 7.45. The molecule has 2 rings (SSSR count).